The Morgan fingerprint density at radius 2 is 1.95 bits per heavy atom. The molecule has 1 unspecified atom stereocenters. The molecule has 3 nitrogen and oxygen atoms in total. The first-order valence-corrected chi connectivity index (χ1v) is 6.43. The highest BCUT2D eigenvalue weighted by molar-refractivity contribution is 5.35. The van der Waals surface area contributed by atoms with Gasteiger partial charge in [0.05, 0.1) is 11.7 Å². The molecule has 20 heavy (non-hydrogen) atoms. The summed E-state index contributed by atoms with van der Waals surface area (Å²) in [6, 6.07) is 5.65. The van der Waals surface area contributed by atoms with Gasteiger partial charge in [-0.05, 0) is 25.3 Å². The second-order valence-electron chi connectivity index (χ2n) is 5.05. The molecule has 1 aromatic rings. The van der Waals surface area contributed by atoms with Gasteiger partial charge >= 0.3 is 6.36 Å². The molecule has 1 aliphatic rings. The van der Waals surface area contributed by atoms with Gasteiger partial charge in [0.15, 0.2) is 0 Å². The van der Waals surface area contributed by atoms with E-state index < -0.39 is 18.1 Å². The van der Waals surface area contributed by atoms with Crippen LogP contribution in [0.4, 0.5) is 13.2 Å². The van der Waals surface area contributed by atoms with Crippen LogP contribution in [0.25, 0.3) is 0 Å². The molecular weight excluding hydrogens is 273 g/mol. The number of benzene rings is 1. The first-order valence-electron chi connectivity index (χ1n) is 6.43. The smallest absolute Gasteiger partial charge is 0.405 e. The molecule has 0 radical (unpaired) electrons. The van der Waals surface area contributed by atoms with E-state index in [-0.39, 0.29) is 17.7 Å². The summed E-state index contributed by atoms with van der Waals surface area (Å²) in [4.78, 5) is 0. The van der Waals surface area contributed by atoms with Crippen LogP contribution in [0.2, 0.25) is 0 Å². The SMILES string of the molecule is COC1(CC(O)c2ccccc2OC(F)(F)F)CCC1. The van der Waals surface area contributed by atoms with Crippen molar-refractivity contribution in [2.24, 2.45) is 0 Å². The molecular formula is C14H17F3O3. The number of aliphatic hydroxyl groups is 1. The zero-order chi connectivity index (χ0) is 14.8. The van der Waals surface area contributed by atoms with Gasteiger partial charge in [0.25, 0.3) is 0 Å². The van der Waals surface area contributed by atoms with E-state index in [1.165, 1.54) is 18.2 Å². The van der Waals surface area contributed by atoms with Crippen LogP contribution >= 0.6 is 0 Å². The van der Waals surface area contributed by atoms with Crippen LogP contribution in [0.15, 0.2) is 24.3 Å². The summed E-state index contributed by atoms with van der Waals surface area (Å²) in [5, 5.41) is 10.2. The van der Waals surface area contributed by atoms with E-state index in [9.17, 15) is 18.3 Å². The highest BCUT2D eigenvalue weighted by Gasteiger charge is 2.40. The third-order valence-corrected chi connectivity index (χ3v) is 3.77. The van der Waals surface area contributed by atoms with Crippen molar-refractivity contribution in [3.8, 4) is 5.75 Å². The minimum absolute atomic E-state index is 0.133. The fraction of sp³-hybridized carbons (Fsp3) is 0.571. The first kappa shape index (κ1) is 15.1. The Bertz CT molecular complexity index is 450. The summed E-state index contributed by atoms with van der Waals surface area (Å²) >= 11 is 0. The molecule has 1 saturated carbocycles. The normalized spacial score (nSPS) is 19.2. The van der Waals surface area contributed by atoms with Crippen molar-refractivity contribution in [2.75, 3.05) is 7.11 Å². The fourth-order valence-corrected chi connectivity index (χ4v) is 2.50. The number of hydrogen-bond donors (Lipinski definition) is 1. The third-order valence-electron chi connectivity index (χ3n) is 3.77. The van der Waals surface area contributed by atoms with E-state index in [0.29, 0.717) is 0 Å². The number of hydrogen-bond acceptors (Lipinski definition) is 3. The molecule has 0 heterocycles. The van der Waals surface area contributed by atoms with Gasteiger partial charge in [-0.3, -0.25) is 0 Å². The zero-order valence-corrected chi connectivity index (χ0v) is 11.1. The van der Waals surface area contributed by atoms with Crippen molar-refractivity contribution in [3.63, 3.8) is 0 Å². The summed E-state index contributed by atoms with van der Waals surface area (Å²) in [5.74, 6) is -0.363. The highest BCUT2D eigenvalue weighted by Crippen LogP contribution is 2.43. The van der Waals surface area contributed by atoms with Gasteiger partial charge in [0, 0.05) is 19.1 Å². The van der Waals surface area contributed by atoms with E-state index in [1.54, 1.807) is 13.2 Å². The van der Waals surface area contributed by atoms with Crippen LogP contribution in [0.1, 0.15) is 37.4 Å². The summed E-state index contributed by atoms with van der Waals surface area (Å²) in [6.07, 6.45) is -2.94. The van der Waals surface area contributed by atoms with Crippen LogP contribution in [0, 0.1) is 0 Å². The average Bonchev–Trinajstić information content (AvgIpc) is 2.32. The third kappa shape index (κ3) is 3.43. The number of methoxy groups -OCH3 is 1. The van der Waals surface area contributed by atoms with Gasteiger partial charge in [-0.1, -0.05) is 18.2 Å². The van der Waals surface area contributed by atoms with Gasteiger partial charge in [-0.15, -0.1) is 13.2 Å². The van der Waals surface area contributed by atoms with Gasteiger partial charge < -0.3 is 14.6 Å². The van der Waals surface area contributed by atoms with Crippen LogP contribution in [-0.4, -0.2) is 24.2 Å². The molecule has 1 atom stereocenters. The molecule has 1 N–H and O–H groups in total. The monoisotopic (exact) mass is 290 g/mol. The lowest BCUT2D eigenvalue weighted by Gasteiger charge is -2.42. The molecule has 0 bridgehead atoms. The number of para-hydroxylation sites is 1. The van der Waals surface area contributed by atoms with E-state index in [1.807, 2.05) is 0 Å². The quantitative estimate of drug-likeness (QED) is 0.901. The lowest BCUT2D eigenvalue weighted by atomic mass is 9.75. The predicted octanol–water partition coefficient (Wildman–Crippen LogP) is 3.58. The lowest BCUT2D eigenvalue weighted by Crippen LogP contribution is -2.40. The molecule has 112 valence electrons. The van der Waals surface area contributed by atoms with Crippen LogP contribution < -0.4 is 4.74 Å². The number of halogens is 3. The highest BCUT2D eigenvalue weighted by atomic mass is 19.4. The molecule has 1 aromatic carbocycles. The maximum absolute atomic E-state index is 12.3. The van der Waals surface area contributed by atoms with Crippen molar-refractivity contribution in [3.05, 3.63) is 29.8 Å². The van der Waals surface area contributed by atoms with Gasteiger partial charge in [0.2, 0.25) is 0 Å². The van der Waals surface area contributed by atoms with E-state index in [2.05, 4.69) is 4.74 Å². The molecule has 6 heteroatoms. The minimum Gasteiger partial charge on any atom is -0.405 e. The summed E-state index contributed by atoms with van der Waals surface area (Å²) < 4.78 is 46.3. The van der Waals surface area contributed by atoms with Crippen LogP contribution in [-0.2, 0) is 4.74 Å². The van der Waals surface area contributed by atoms with Crippen molar-refractivity contribution < 1.29 is 27.8 Å². The minimum atomic E-state index is -4.77. The molecule has 1 aliphatic carbocycles. The Morgan fingerprint density at radius 1 is 1.30 bits per heavy atom. The van der Waals surface area contributed by atoms with E-state index in [4.69, 9.17) is 4.74 Å². The zero-order valence-electron chi connectivity index (χ0n) is 11.1. The van der Waals surface area contributed by atoms with Crippen molar-refractivity contribution in [1.82, 2.24) is 0 Å². The second-order valence-corrected chi connectivity index (χ2v) is 5.05. The molecule has 2 rings (SSSR count). The Labute approximate surface area is 115 Å². The number of aliphatic hydroxyl groups excluding tert-OH is 1. The predicted molar refractivity (Wildman–Crippen MR) is 66.3 cm³/mol. The average molecular weight is 290 g/mol. The summed E-state index contributed by atoms with van der Waals surface area (Å²) in [5.41, 5.74) is -0.293. The standard InChI is InChI=1S/C14H17F3O3/c1-19-13(7-4-8-13)9-11(18)10-5-2-3-6-12(10)20-14(15,16)17/h2-3,5-6,11,18H,4,7-9H2,1H3. The Kier molecular flexibility index (Phi) is 4.25. The fourth-order valence-electron chi connectivity index (χ4n) is 2.50. The maximum Gasteiger partial charge on any atom is 0.573 e. The maximum atomic E-state index is 12.3. The number of alkyl halides is 3. The largest absolute Gasteiger partial charge is 0.573 e. The van der Waals surface area contributed by atoms with Crippen molar-refractivity contribution in [2.45, 2.75) is 43.8 Å². The topological polar surface area (TPSA) is 38.7 Å². The van der Waals surface area contributed by atoms with Crippen LogP contribution in [0.5, 0.6) is 5.75 Å². The van der Waals surface area contributed by atoms with Gasteiger partial charge in [0.1, 0.15) is 5.75 Å². The van der Waals surface area contributed by atoms with E-state index in [0.717, 1.165) is 19.3 Å². The first-order chi connectivity index (χ1) is 9.35. The molecule has 1 fully saturated rings. The number of rotatable bonds is 5. The molecule has 0 spiro atoms. The van der Waals surface area contributed by atoms with Crippen molar-refractivity contribution >= 4 is 0 Å². The van der Waals surface area contributed by atoms with Crippen molar-refractivity contribution in [1.29, 1.82) is 0 Å². The van der Waals surface area contributed by atoms with Gasteiger partial charge in [-0.25, -0.2) is 0 Å². The Hall–Kier alpha value is -1.27. The molecule has 0 aromatic heterocycles. The molecule has 0 saturated heterocycles. The number of ether oxygens (including phenoxy) is 2. The molecule has 0 amide bonds. The Balaban J connectivity index is 2.15. The Morgan fingerprint density at radius 3 is 2.45 bits per heavy atom. The van der Waals surface area contributed by atoms with Gasteiger partial charge in [-0.2, -0.15) is 0 Å². The summed E-state index contributed by atoms with van der Waals surface area (Å²) in [7, 11) is 1.56. The molecule has 0 aliphatic heterocycles. The second kappa shape index (κ2) is 5.61. The van der Waals surface area contributed by atoms with E-state index >= 15 is 0 Å². The lowest BCUT2D eigenvalue weighted by molar-refractivity contribution is -0.275. The van der Waals surface area contributed by atoms with Crippen LogP contribution in [0.3, 0.4) is 0 Å². The summed E-state index contributed by atoms with van der Waals surface area (Å²) in [6.45, 7) is 0.